The molecule has 0 bridgehead atoms. The maximum Gasteiger partial charge on any atom is 0.0214 e. The van der Waals surface area contributed by atoms with E-state index in [4.69, 9.17) is 0 Å². The van der Waals surface area contributed by atoms with E-state index in [1.807, 2.05) is 0 Å². The summed E-state index contributed by atoms with van der Waals surface area (Å²) in [7, 11) is 0. The van der Waals surface area contributed by atoms with Crippen LogP contribution < -0.4 is 5.32 Å². The van der Waals surface area contributed by atoms with Crippen molar-refractivity contribution in [3.63, 3.8) is 0 Å². The van der Waals surface area contributed by atoms with Crippen molar-refractivity contribution >= 4 is 0 Å². The Bertz CT molecular complexity index is 529. The van der Waals surface area contributed by atoms with Crippen molar-refractivity contribution in [3.05, 3.63) is 59.2 Å². The summed E-state index contributed by atoms with van der Waals surface area (Å²) in [4.78, 5) is 0. The largest absolute Gasteiger partial charge is 0.309 e. The molecule has 80 valence electrons. The molecule has 0 aliphatic carbocycles. The molecule has 0 unspecified atom stereocenters. The lowest BCUT2D eigenvalue weighted by Gasteiger charge is -2.09. The van der Waals surface area contributed by atoms with Gasteiger partial charge in [-0.2, -0.15) is 0 Å². The van der Waals surface area contributed by atoms with Crippen LogP contribution in [0.2, 0.25) is 0 Å². The molecule has 1 aliphatic rings. The third-order valence-corrected chi connectivity index (χ3v) is 3.20. The molecule has 1 nitrogen and oxygen atoms in total. The molecular formula is C15H15N. The summed E-state index contributed by atoms with van der Waals surface area (Å²) in [5.74, 6) is 0. The molecule has 0 aromatic heterocycles. The summed E-state index contributed by atoms with van der Waals surface area (Å²) >= 11 is 0. The molecule has 1 N–H and O–H groups in total. The highest BCUT2D eigenvalue weighted by Crippen LogP contribution is 2.30. The Morgan fingerprint density at radius 1 is 0.875 bits per heavy atom. The van der Waals surface area contributed by atoms with E-state index in [0.29, 0.717) is 0 Å². The Morgan fingerprint density at radius 3 is 2.56 bits per heavy atom. The zero-order valence-corrected chi connectivity index (χ0v) is 9.46. The van der Waals surface area contributed by atoms with Crippen LogP contribution in [0.3, 0.4) is 0 Å². The van der Waals surface area contributed by atoms with Crippen LogP contribution in [-0.2, 0) is 13.1 Å². The Kier molecular flexibility index (Phi) is 2.26. The van der Waals surface area contributed by atoms with E-state index in [2.05, 4.69) is 54.7 Å². The first-order valence-corrected chi connectivity index (χ1v) is 5.73. The summed E-state index contributed by atoms with van der Waals surface area (Å²) in [6.07, 6.45) is 0. The van der Waals surface area contributed by atoms with Gasteiger partial charge >= 0.3 is 0 Å². The third kappa shape index (κ3) is 1.54. The average Bonchev–Trinajstić information content (AvgIpc) is 2.47. The van der Waals surface area contributed by atoms with Gasteiger partial charge in [-0.05, 0) is 29.2 Å². The maximum atomic E-state index is 3.49. The topological polar surface area (TPSA) is 12.0 Å². The van der Waals surface area contributed by atoms with Gasteiger partial charge in [0.25, 0.3) is 0 Å². The first-order chi connectivity index (χ1) is 7.84. The minimum Gasteiger partial charge on any atom is -0.309 e. The van der Waals surface area contributed by atoms with E-state index >= 15 is 0 Å². The van der Waals surface area contributed by atoms with Crippen molar-refractivity contribution in [1.29, 1.82) is 0 Å². The summed E-state index contributed by atoms with van der Waals surface area (Å²) in [5.41, 5.74) is 6.89. The van der Waals surface area contributed by atoms with Gasteiger partial charge in [0.15, 0.2) is 0 Å². The molecule has 1 aliphatic heterocycles. The predicted molar refractivity (Wildman–Crippen MR) is 67.2 cm³/mol. The highest BCUT2D eigenvalue weighted by molar-refractivity contribution is 5.71. The number of hydrogen-bond acceptors (Lipinski definition) is 1. The molecule has 1 heterocycles. The van der Waals surface area contributed by atoms with Crippen molar-refractivity contribution in [3.8, 4) is 11.1 Å². The molecule has 2 aromatic rings. The van der Waals surface area contributed by atoms with Crippen molar-refractivity contribution in [2.75, 3.05) is 0 Å². The van der Waals surface area contributed by atoms with Gasteiger partial charge in [-0.3, -0.25) is 0 Å². The fourth-order valence-electron chi connectivity index (χ4n) is 2.40. The number of benzene rings is 2. The quantitative estimate of drug-likeness (QED) is 0.702. The lowest BCUT2D eigenvalue weighted by atomic mass is 9.95. The van der Waals surface area contributed by atoms with Crippen molar-refractivity contribution in [2.24, 2.45) is 0 Å². The minimum absolute atomic E-state index is 0.962. The minimum atomic E-state index is 0.962. The lowest BCUT2D eigenvalue weighted by Crippen LogP contribution is -2.10. The molecule has 0 fully saturated rings. The molecule has 0 radical (unpaired) electrons. The summed E-state index contributed by atoms with van der Waals surface area (Å²) < 4.78 is 0. The molecule has 0 amide bonds. The van der Waals surface area contributed by atoms with E-state index in [0.717, 1.165) is 13.1 Å². The second-order valence-corrected chi connectivity index (χ2v) is 4.42. The number of aryl methyl sites for hydroxylation is 1. The molecule has 1 heteroatoms. The van der Waals surface area contributed by atoms with Crippen molar-refractivity contribution in [2.45, 2.75) is 20.0 Å². The van der Waals surface area contributed by atoms with Gasteiger partial charge in [-0.1, -0.05) is 48.0 Å². The fraction of sp³-hybridized carbons (Fsp3) is 0.200. The third-order valence-electron chi connectivity index (χ3n) is 3.20. The molecule has 0 saturated carbocycles. The maximum absolute atomic E-state index is 3.49. The summed E-state index contributed by atoms with van der Waals surface area (Å²) in [6.45, 7) is 4.08. The van der Waals surface area contributed by atoms with Crippen LogP contribution in [0.1, 0.15) is 16.7 Å². The van der Waals surface area contributed by atoms with Crippen molar-refractivity contribution in [1.82, 2.24) is 5.32 Å². The zero-order chi connectivity index (χ0) is 11.0. The van der Waals surface area contributed by atoms with Gasteiger partial charge in [0.05, 0.1) is 0 Å². The smallest absolute Gasteiger partial charge is 0.0214 e. The van der Waals surface area contributed by atoms with Crippen LogP contribution in [0.5, 0.6) is 0 Å². The Labute approximate surface area is 96.1 Å². The average molecular weight is 209 g/mol. The standard InChI is InChI=1S/C15H15N/c1-11-6-7-15-13(8-11)10-16-9-12-4-2-3-5-14(12)15/h2-8,16H,9-10H2,1H3. The van der Waals surface area contributed by atoms with E-state index in [9.17, 15) is 0 Å². The van der Waals surface area contributed by atoms with Crippen molar-refractivity contribution < 1.29 is 0 Å². The molecule has 16 heavy (non-hydrogen) atoms. The van der Waals surface area contributed by atoms with Crippen LogP contribution in [0.25, 0.3) is 11.1 Å². The predicted octanol–water partition coefficient (Wildman–Crippen LogP) is 3.27. The normalized spacial score (nSPS) is 13.8. The van der Waals surface area contributed by atoms with Crippen LogP contribution in [0.4, 0.5) is 0 Å². The molecule has 2 aromatic carbocycles. The first kappa shape index (κ1) is 9.61. The van der Waals surface area contributed by atoms with E-state index < -0.39 is 0 Å². The highest BCUT2D eigenvalue weighted by Gasteiger charge is 2.12. The summed E-state index contributed by atoms with van der Waals surface area (Å²) in [6, 6.07) is 15.4. The van der Waals surface area contributed by atoms with Gasteiger partial charge in [0.1, 0.15) is 0 Å². The fourth-order valence-corrected chi connectivity index (χ4v) is 2.40. The lowest BCUT2D eigenvalue weighted by molar-refractivity contribution is 0.703. The molecular weight excluding hydrogens is 194 g/mol. The van der Waals surface area contributed by atoms with Crippen LogP contribution in [-0.4, -0.2) is 0 Å². The summed E-state index contributed by atoms with van der Waals surface area (Å²) in [5, 5.41) is 3.49. The van der Waals surface area contributed by atoms with Gasteiger partial charge in [0, 0.05) is 13.1 Å². The SMILES string of the molecule is Cc1ccc2c(c1)CNCc1ccccc1-2. The van der Waals surface area contributed by atoms with Crippen LogP contribution in [0.15, 0.2) is 42.5 Å². The van der Waals surface area contributed by atoms with E-state index in [1.165, 1.54) is 27.8 Å². The number of rotatable bonds is 0. The highest BCUT2D eigenvalue weighted by atomic mass is 14.9. The number of hydrogen-bond donors (Lipinski definition) is 1. The van der Waals surface area contributed by atoms with Gasteiger partial charge < -0.3 is 5.32 Å². The van der Waals surface area contributed by atoms with Gasteiger partial charge in [-0.25, -0.2) is 0 Å². The Morgan fingerprint density at radius 2 is 1.62 bits per heavy atom. The first-order valence-electron chi connectivity index (χ1n) is 5.73. The molecule has 0 spiro atoms. The van der Waals surface area contributed by atoms with E-state index in [1.54, 1.807) is 0 Å². The monoisotopic (exact) mass is 209 g/mol. The van der Waals surface area contributed by atoms with Gasteiger partial charge in [-0.15, -0.1) is 0 Å². The van der Waals surface area contributed by atoms with Crippen LogP contribution in [0, 0.1) is 6.92 Å². The Hall–Kier alpha value is -1.60. The number of fused-ring (bicyclic) bond motifs is 3. The van der Waals surface area contributed by atoms with Gasteiger partial charge in [0.2, 0.25) is 0 Å². The van der Waals surface area contributed by atoms with E-state index in [-0.39, 0.29) is 0 Å². The Balaban J connectivity index is 2.25. The van der Waals surface area contributed by atoms with Crippen LogP contribution >= 0.6 is 0 Å². The second kappa shape index (κ2) is 3.76. The molecule has 0 atom stereocenters. The zero-order valence-electron chi connectivity index (χ0n) is 9.46. The molecule has 0 saturated heterocycles. The molecule has 3 rings (SSSR count). The number of nitrogens with one attached hydrogen (secondary N) is 1. The second-order valence-electron chi connectivity index (χ2n) is 4.42.